The Morgan fingerprint density at radius 3 is 2.20 bits per heavy atom. The maximum absolute atomic E-state index is 12.2. The minimum Gasteiger partial charge on any atom is -0.480 e. The molecule has 1 unspecified atom stereocenters. The van der Waals surface area contributed by atoms with Crippen LogP contribution in [0.5, 0.6) is 0 Å². The molecule has 0 aliphatic carbocycles. The number of nitrogens with one attached hydrogen (secondary N) is 1. The number of aliphatic carboxylic acids is 1. The number of hydrogen-bond donors (Lipinski definition) is 2. The zero-order valence-corrected chi connectivity index (χ0v) is 12.8. The van der Waals surface area contributed by atoms with Gasteiger partial charge >= 0.3 is 5.97 Å². The summed E-state index contributed by atoms with van der Waals surface area (Å²) in [6.45, 7) is 5.32. The van der Waals surface area contributed by atoms with E-state index in [0.717, 1.165) is 32.4 Å². The third-order valence-corrected chi connectivity index (χ3v) is 4.06. The van der Waals surface area contributed by atoms with Crippen LogP contribution in [0.15, 0.2) is 0 Å². The fraction of sp³-hybridized carbons (Fsp3) is 0.867. The summed E-state index contributed by atoms with van der Waals surface area (Å²) in [4.78, 5) is 25.4. The van der Waals surface area contributed by atoms with Gasteiger partial charge in [-0.15, -0.1) is 0 Å². The maximum Gasteiger partial charge on any atom is 0.323 e. The first-order valence-corrected chi connectivity index (χ1v) is 7.76. The Morgan fingerprint density at radius 1 is 1.15 bits per heavy atom. The van der Waals surface area contributed by atoms with Crippen molar-refractivity contribution >= 4 is 11.9 Å². The SMILES string of the molecule is CCCC(C)(NCC(=O)N1CCCCCCC1)C(=O)O. The molecule has 1 fully saturated rings. The highest BCUT2D eigenvalue weighted by Crippen LogP contribution is 2.13. The van der Waals surface area contributed by atoms with Crippen molar-refractivity contribution in [3.63, 3.8) is 0 Å². The second kappa shape index (κ2) is 8.25. The number of hydrogen-bond acceptors (Lipinski definition) is 3. The zero-order valence-electron chi connectivity index (χ0n) is 12.8. The molecule has 0 aromatic heterocycles. The van der Waals surface area contributed by atoms with Crippen LogP contribution in [0, 0.1) is 0 Å². The fourth-order valence-electron chi connectivity index (χ4n) is 2.65. The lowest BCUT2D eigenvalue weighted by Crippen LogP contribution is -2.53. The summed E-state index contributed by atoms with van der Waals surface area (Å²) in [7, 11) is 0. The second-order valence-corrected chi connectivity index (χ2v) is 5.89. The third-order valence-electron chi connectivity index (χ3n) is 4.06. The number of carboxylic acids is 1. The molecule has 0 radical (unpaired) electrons. The molecule has 1 amide bonds. The standard InChI is InChI=1S/C15H28N2O3/c1-3-9-15(2,14(19)20)16-12-13(18)17-10-7-5-4-6-8-11-17/h16H,3-12H2,1-2H3,(H,19,20). The lowest BCUT2D eigenvalue weighted by atomic mass is 9.96. The first-order valence-electron chi connectivity index (χ1n) is 7.76. The van der Waals surface area contributed by atoms with E-state index in [1.54, 1.807) is 6.92 Å². The van der Waals surface area contributed by atoms with Gasteiger partial charge in [0.05, 0.1) is 6.54 Å². The molecular formula is C15H28N2O3. The molecule has 1 heterocycles. The van der Waals surface area contributed by atoms with Gasteiger partial charge in [0.1, 0.15) is 5.54 Å². The number of carbonyl (C=O) groups excluding carboxylic acids is 1. The van der Waals surface area contributed by atoms with E-state index in [-0.39, 0.29) is 12.5 Å². The van der Waals surface area contributed by atoms with Crippen LogP contribution in [0.1, 0.15) is 58.8 Å². The summed E-state index contributed by atoms with van der Waals surface area (Å²) in [6, 6.07) is 0. The number of carbonyl (C=O) groups is 2. The van der Waals surface area contributed by atoms with Crippen LogP contribution in [0.4, 0.5) is 0 Å². The molecule has 2 N–H and O–H groups in total. The number of nitrogens with zero attached hydrogens (tertiary/aromatic N) is 1. The molecule has 0 spiro atoms. The molecule has 1 rings (SSSR count). The van der Waals surface area contributed by atoms with Crippen molar-refractivity contribution in [3.05, 3.63) is 0 Å². The van der Waals surface area contributed by atoms with Crippen LogP contribution in [0.2, 0.25) is 0 Å². The van der Waals surface area contributed by atoms with Crippen molar-refractivity contribution < 1.29 is 14.7 Å². The number of amides is 1. The van der Waals surface area contributed by atoms with Gasteiger partial charge in [-0.1, -0.05) is 32.6 Å². The van der Waals surface area contributed by atoms with Crippen LogP contribution >= 0.6 is 0 Å². The molecule has 0 aromatic carbocycles. The van der Waals surface area contributed by atoms with Gasteiger partial charge in [-0.2, -0.15) is 0 Å². The van der Waals surface area contributed by atoms with Gasteiger partial charge in [-0.3, -0.25) is 14.9 Å². The van der Waals surface area contributed by atoms with E-state index in [2.05, 4.69) is 5.32 Å². The van der Waals surface area contributed by atoms with E-state index in [1.165, 1.54) is 19.3 Å². The molecule has 1 aliphatic rings. The minimum absolute atomic E-state index is 0.0236. The van der Waals surface area contributed by atoms with Gasteiger partial charge in [-0.05, 0) is 26.2 Å². The summed E-state index contributed by atoms with van der Waals surface area (Å²) >= 11 is 0. The number of carboxylic acid groups (broad SMARTS) is 1. The van der Waals surface area contributed by atoms with Crippen molar-refractivity contribution in [2.24, 2.45) is 0 Å². The topological polar surface area (TPSA) is 69.6 Å². The highest BCUT2D eigenvalue weighted by Gasteiger charge is 2.32. The summed E-state index contributed by atoms with van der Waals surface area (Å²) in [6.07, 6.45) is 7.02. The van der Waals surface area contributed by atoms with E-state index in [9.17, 15) is 14.7 Å². The van der Waals surface area contributed by atoms with Crippen molar-refractivity contribution in [2.45, 2.75) is 64.3 Å². The normalized spacial score (nSPS) is 19.8. The molecule has 5 nitrogen and oxygen atoms in total. The average Bonchev–Trinajstić information content (AvgIpc) is 2.35. The Balaban J connectivity index is 2.49. The molecule has 20 heavy (non-hydrogen) atoms. The third kappa shape index (κ3) is 5.12. The highest BCUT2D eigenvalue weighted by atomic mass is 16.4. The van der Waals surface area contributed by atoms with Crippen LogP contribution in [-0.4, -0.2) is 47.1 Å². The van der Waals surface area contributed by atoms with Gasteiger partial charge in [0, 0.05) is 13.1 Å². The van der Waals surface area contributed by atoms with E-state index >= 15 is 0 Å². The molecule has 0 saturated carbocycles. The monoisotopic (exact) mass is 284 g/mol. The molecule has 1 atom stereocenters. The lowest BCUT2D eigenvalue weighted by Gasteiger charge is -2.29. The number of rotatable bonds is 6. The van der Waals surface area contributed by atoms with Crippen LogP contribution in [0.3, 0.4) is 0 Å². The minimum atomic E-state index is -1.01. The quantitative estimate of drug-likeness (QED) is 0.783. The van der Waals surface area contributed by atoms with E-state index in [0.29, 0.717) is 6.42 Å². The zero-order chi connectivity index (χ0) is 15.0. The van der Waals surface area contributed by atoms with Crippen molar-refractivity contribution in [2.75, 3.05) is 19.6 Å². The Morgan fingerprint density at radius 2 is 1.70 bits per heavy atom. The summed E-state index contributed by atoms with van der Waals surface area (Å²) in [5.74, 6) is -0.865. The Kier molecular flexibility index (Phi) is 6.99. The largest absolute Gasteiger partial charge is 0.480 e. The number of likely N-dealkylation sites (tertiary alicyclic amines) is 1. The van der Waals surface area contributed by atoms with E-state index in [1.807, 2.05) is 11.8 Å². The maximum atomic E-state index is 12.2. The van der Waals surface area contributed by atoms with Crippen LogP contribution < -0.4 is 5.32 Å². The van der Waals surface area contributed by atoms with Crippen molar-refractivity contribution in [1.82, 2.24) is 10.2 Å². The summed E-state index contributed by atoms with van der Waals surface area (Å²) < 4.78 is 0. The van der Waals surface area contributed by atoms with Gasteiger partial charge < -0.3 is 10.0 Å². The van der Waals surface area contributed by atoms with Gasteiger partial charge in [0.25, 0.3) is 0 Å². The van der Waals surface area contributed by atoms with Gasteiger partial charge in [0.15, 0.2) is 0 Å². The van der Waals surface area contributed by atoms with E-state index < -0.39 is 11.5 Å². The van der Waals surface area contributed by atoms with Gasteiger partial charge in [-0.25, -0.2) is 0 Å². The summed E-state index contributed by atoms with van der Waals surface area (Å²) in [5, 5.41) is 12.2. The van der Waals surface area contributed by atoms with E-state index in [4.69, 9.17) is 0 Å². The second-order valence-electron chi connectivity index (χ2n) is 5.89. The van der Waals surface area contributed by atoms with Crippen LogP contribution in [0.25, 0.3) is 0 Å². The average molecular weight is 284 g/mol. The smallest absolute Gasteiger partial charge is 0.323 e. The Hall–Kier alpha value is -1.10. The Labute approximate surface area is 121 Å². The molecule has 1 saturated heterocycles. The summed E-state index contributed by atoms with van der Waals surface area (Å²) in [5.41, 5.74) is -1.01. The lowest BCUT2D eigenvalue weighted by molar-refractivity contribution is -0.145. The Bertz CT molecular complexity index is 325. The van der Waals surface area contributed by atoms with Crippen molar-refractivity contribution in [1.29, 1.82) is 0 Å². The molecule has 0 bridgehead atoms. The molecule has 0 aromatic rings. The first-order chi connectivity index (χ1) is 9.49. The van der Waals surface area contributed by atoms with Crippen LogP contribution in [-0.2, 0) is 9.59 Å². The molecule has 5 heteroatoms. The molecule has 116 valence electrons. The fourth-order valence-corrected chi connectivity index (χ4v) is 2.65. The molecular weight excluding hydrogens is 256 g/mol. The predicted molar refractivity (Wildman–Crippen MR) is 78.6 cm³/mol. The van der Waals surface area contributed by atoms with Gasteiger partial charge in [0.2, 0.25) is 5.91 Å². The molecule has 1 aliphatic heterocycles. The highest BCUT2D eigenvalue weighted by molar-refractivity contribution is 5.82. The predicted octanol–water partition coefficient (Wildman–Crippen LogP) is 2.01. The first kappa shape index (κ1) is 17.0. The van der Waals surface area contributed by atoms with Crippen molar-refractivity contribution in [3.8, 4) is 0 Å².